The second kappa shape index (κ2) is 8.03. The summed E-state index contributed by atoms with van der Waals surface area (Å²) in [7, 11) is 15.4. The molecule has 0 unspecified atom stereocenters. The van der Waals surface area contributed by atoms with Crippen LogP contribution < -0.4 is 0 Å². The summed E-state index contributed by atoms with van der Waals surface area (Å²) in [6.07, 6.45) is 0. The molecule has 0 fully saturated rings. The Balaban J connectivity index is 3.58. The van der Waals surface area contributed by atoms with Crippen molar-refractivity contribution in [3.63, 3.8) is 0 Å². The van der Waals surface area contributed by atoms with Gasteiger partial charge in [-0.3, -0.25) is 4.90 Å². The zero-order chi connectivity index (χ0) is 13.5. The Morgan fingerprint density at radius 2 is 1.06 bits per heavy atom. The van der Waals surface area contributed by atoms with Crippen LogP contribution in [0.4, 0.5) is 0 Å². The molecular formula is C13H33N4+. The number of hydrogen-bond donors (Lipinski definition) is 0. The van der Waals surface area contributed by atoms with Crippen molar-refractivity contribution in [2.24, 2.45) is 0 Å². The van der Waals surface area contributed by atoms with Crippen LogP contribution in [0, 0.1) is 0 Å². The lowest BCUT2D eigenvalue weighted by atomic mass is 10.4. The van der Waals surface area contributed by atoms with Gasteiger partial charge in [-0.2, -0.15) is 0 Å². The van der Waals surface area contributed by atoms with Crippen molar-refractivity contribution in [1.29, 1.82) is 0 Å². The summed E-state index contributed by atoms with van der Waals surface area (Å²) in [6, 6.07) is 0. The molecule has 0 saturated carbocycles. The summed E-state index contributed by atoms with van der Waals surface area (Å²) in [6.45, 7) is 6.98. The van der Waals surface area contributed by atoms with E-state index in [1.807, 2.05) is 0 Å². The van der Waals surface area contributed by atoms with E-state index in [4.69, 9.17) is 0 Å². The van der Waals surface area contributed by atoms with E-state index in [9.17, 15) is 0 Å². The third-order valence-corrected chi connectivity index (χ3v) is 2.94. The number of rotatable bonds is 9. The molecule has 0 amide bonds. The monoisotopic (exact) mass is 245 g/mol. The van der Waals surface area contributed by atoms with Gasteiger partial charge in [0.1, 0.15) is 0 Å². The first-order chi connectivity index (χ1) is 7.70. The highest BCUT2D eigenvalue weighted by atomic mass is 15.3. The van der Waals surface area contributed by atoms with Gasteiger partial charge in [-0.15, -0.1) is 0 Å². The molecule has 0 N–H and O–H groups in total. The van der Waals surface area contributed by atoms with Crippen molar-refractivity contribution in [2.45, 2.75) is 0 Å². The van der Waals surface area contributed by atoms with Gasteiger partial charge in [0.15, 0.2) is 0 Å². The quantitative estimate of drug-likeness (QED) is 0.534. The van der Waals surface area contributed by atoms with Crippen LogP contribution >= 0.6 is 0 Å². The molecule has 0 aliphatic carbocycles. The van der Waals surface area contributed by atoms with Crippen molar-refractivity contribution in [2.75, 3.05) is 88.6 Å². The van der Waals surface area contributed by atoms with Crippen LogP contribution in [0.5, 0.6) is 0 Å². The van der Waals surface area contributed by atoms with E-state index in [0.29, 0.717) is 0 Å². The lowest BCUT2D eigenvalue weighted by Crippen LogP contribution is -2.42. The third-order valence-electron chi connectivity index (χ3n) is 2.94. The summed E-state index contributed by atoms with van der Waals surface area (Å²) >= 11 is 0. The van der Waals surface area contributed by atoms with Crippen molar-refractivity contribution in [3.05, 3.63) is 0 Å². The summed E-state index contributed by atoms with van der Waals surface area (Å²) in [5.74, 6) is 0. The largest absolute Gasteiger partial charge is 0.330 e. The topological polar surface area (TPSA) is 9.72 Å². The molecule has 0 atom stereocenters. The molecule has 4 heteroatoms. The highest BCUT2D eigenvalue weighted by molar-refractivity contribution is 4.58. The molecular weight excluding hydrogens is 212 g/mol. The zero-order valence-electron chi connectivity index (χ0n) is 13.0. The SMILES string of the molecule is CN(C)CCN(C)CCN(C)CC[N+](C)(C)C. The van der Waals surface area contributed by atoms with Crippen LogP contribution in [-0.4, -0.2) is 108 Å². The second-order valence-corrected chi connectivity index (χ2v) is 6.42. The van der Waals surface area contributed by atoms with Crippen LogP contribution in [0.2, 0.25) is 0 Å². The first-order valence-corrected chi connectivity index (χ1v) is 6.53. The van der Waals surface area contributed by atoms with Gasteiger partial charge in [0.05, 0.1) is 27.7 Å². The Kier molecular flexibility index (Phi) is 7.96. The fourth-order valence-corrected chi connectivity index (χ4v) is 1.41. The summed E-state index contributed by atoms with van der Waals surface area (Å²) in [5.41, 5.74) is 0. The zero-order valence-corrected chi connectivity index (χ0v) is 13.0. The van der Waals surface area contributed by atoms with Crippen LogP contribution in [0.3, 0.4) is 0 Å². The highest BCUT2D eigenvalue weighted by Gasteiger charge is 2.09. The molecule has 0 bridgehead atoms. The maximum Gasteiger partial charge on any atom is 0.0909 e. The standard InChI is InChI=1S/C13H33N4/c1-14(2)8-9-15(3)10-11-16(4)12-13-17(5,6)7/h8-13H2,1-7H3/q+1. The molecule has 0 rings (SSSR count). The van der Waals surface area contributed by atoms with Crippen LogP contribution in [0.25, 0.3) is 0 Å². The summed E-state index contributed by atoms with van der Waals surface area (Å²) in [4.78, 5) is 7.06. The lowest BCUT2D eigenvalue weighted by Gasteiger charge is -2.28. The van der Waals surface area contributed by atoms with Gasteiger partial charge in [0.25, 0.3) is 0 Å². The van der Waals surface area contributed by atoms with Gasteiger partial charge >= 0.3 is 0 Å². The molecule has 17 heavy (non-hydrogen) atoms. The van der Waals surface area contributed by atoms with Gasteiger partial charge < -0.3 is 14.3 Å². The predicted molar refractivity (Wildman–Crippen MR) is 76.4 cm³/mol. The first-order valence-electron chi connectivity index (χ1n) is 6.53. The minimum atomic E-state index is 1.04. The number of quaternary nitrogens is 1. The Bertz CT molecular complexity index is 186. The molecule has 0 aromatic rings. The maximum absolute atomic E-state index is 2.43. The van der Waals surface area contributed by atoms with Crippen molar-refractivity contribution < 1.29 is 4.48 Å². The summed E-state index contributed by atoms with van der Waals surface area (Å²) in [5, 5.41) is 0. The van der Waals surface area contributed by atoms with E-state index in [1.165, 1.54) is 13.1 Å². The second-order valence-electron chi connectivity index (χ2n) is 6.42. The maximum atomic E-state index is 2.43. The average Bonchev–Trinajstić information content (AvgIpc) is 2.19. The highest BCUT2D eigenvalue weighted by Crippen LogP contribution is 1.93. The molecule has 0 spiro atoms. The van der Waals surface area contributed by atoms with Gasteiger partial charge in [-0.1, -0.05) is 0 Å². The van der Waals surface area contributed by atoms with E-state index in [0.717, 1.165) is 30.7 Å². The Hall–Kier alpha value is -0.160. The Labute approximate surface area is 108 Å². The molecule has 0 aromatic heterocycles. The fraction of sp³-hybridized carbons (Fsp3) is 1.00. The predicted octanol–water partition coefficient (Wildman–Crippen LogP) is 0.118. The van der Waals surface area contributed by atoms with E-state index in [-0.39, 0.29) is 0 Å². The normalized spacial score (nSPS) is 13.1. The van der Waals surface area contributed by atoms with E-state index in [2.05, 4.69) is 64.0 Å². The van der Waals surface area contributed by atoms with E-state index >= 15 is 0 Å². The van der Waals surface area contributed by atoms with Crippen LogP contribution in [-0.2, 0) is 0 Å². The molecule has 0 aliphatic rings. The molecule has 0 heterocycles. The van der Waals surface area contributed by atoms with Crippen LogP contribution in [0.1, 0.15) is 0 Å². The Morgan fingerprint density at radius 3 is 1.47 bits per heavy atom. The van der Waals surface area contributed by atoms with Crippen molar-refractivity contribution >= 4 is 0 Å². The summed E-state index contributed by atoms with van der Waals surface area (Å²) < 4.78 is 1.04. The molecule has 0 saturated heterocycles. The minimum absolute atomic E-state index is 1.04. The molecule has 4 nitrogen and oxygen atoms in total. The average molecular weight is 245 g/mol. The smallest absolute Gasteiger partial charge is 0.0909 e. The lowest BCUT2D eigenvalue weighted by molar-refractivity contribution is -0.869. The molecule has 104 valence electrons. The van der Waals surface area contributed by atoms with Gasteiger partial charge in [0, 0.05) is 32.7 Å². The van der Waals surface area contributed by atoms with Crippen molar-refractivity contribution in [1.82, 2.24) is 14.7 Å². The minimum Gasteiger partial charge on any atom is -0.330 e. The Morgan fingerprint density at radius 1 is 0.647 bits per heavy atom. The first kappa shape index (κ1) is 16.8. The number of hydrogen-bond acceptors (Lipinski definition) is 3. The van der Waals surface area contributed by atoms with Crippen molar-refractivity contribution in [3.8, 4) is 0 Å². The van der Waals surface area contributed by atoms with Gasteiger partial charge in [-0.05, 0) is 28.2 Å². The van der Waals surface area contributed by atoms with E-state index < -0.39 is 0 Å². The van der Waals surface area contributed by atoms with Gasteiger partial charge in [0.2, 0.25) is 0 Å². The third kappa shape index (κ3) is 12.1. The fourth-order valence-electron chi connectivity index (χ4n) is 1.41. The number of nitrogens with zero attached hydrogens (tertiary/aromatic N) is 4. The van der Waals surface area contributed by atoms with Crippen LogP contribution in [0.15, 0.2) is 0 Å². The van der Waals surface area contributed by atoms with Gasteiger partial charge in [-0.25, -0.2) is 0 Å². The van der Waals surface area contributed by atoms with E-state index in [1.54, 1.807) is 0 Å². The number of likely N-dealkylation sites (N-methyl/N-ethyl adjacent to an activating group) is 4. The molecule has 0 radical (unpaired) electrons. The molecule has 0 aromatic carbocycles. The molecule has 0 aliphatic heterocycles.